The van der Waals surface area contributed by atoms with Crippen LogP contribution < -0.4 is 11.3 Å². The van der Waals surface area contributed by atoms with Crippen molar-refractivity contribution in [2.24, 2.45) is 5.92 Å². The van der Waals surface area contributed by atoms with Crippen LogP contribution in [-0.2, 0) is 20.0 Å². The van der Waals surface area contributed by atoms with Crippen molar-refractivity contribution in [1.82, 2.24) is 14.5 Å². The van der Waals surface area contributed by atoms with Gasteiger partial charge in [-0.25, -0.2) is 4.39 Å². The number of hydrogen-bond donors (Lipinski definition) is 2. The predicted molar refractivity (Wildman–Crippen MR) is 99.6 cm³/mol. The number of hydrogen-bond acceptors (Lipinski definition) is 6. The number of anilines is 1. The number of nitrogen functional groups attached to an aromatic ring is 1. The Morgan fingerprint density at radius 2 is 2.22 bits per heavy atom. The van der Waals surface area contributed by atoms with Crippen molar-refractivity contribution >= 4 is 23.0 Å². The van der Waals surface area contributed by atoms with E-state index in [0.717, 1.165) is 0 Å². The SMILES string of the molecule is CC.CC(C)C(=O)OCC1CC[C@](C)(n2cc(F)c3c(=O)[nH]c(N)nc32)O1. The highest BCUT2D eigenvalue weighted by molar-refractivity contribution is 5.77. The monoisotopic (exact) mass is 382 g/mol. The average Bonchev–Trinajstić information content (AvgIpc) is 3.16. The van der Waals surface area contributed by atoms with Gasteiger partial charge in [-0.1, -0.05) is 27.7 Å². The van der Waals surface area contributed by atoms with E-state index >= 15 is 0 Å². The van der Waals surface area contributed by atoms with Crippen molar-refractivity contribution in [3.8, 4) is 0 Å². The summed E-state index contributed by atoms with van der Waals surface area (Å²) in [5, 5.41) is -0.159. The second kappa shape index (κ2) is 8.08. The Balaban J connectivity index is 0.00000126. The molecule has 0 bridgehead atoms. The van der Waals surface area contributed by atoms with E-state index in [1.165, 1.54) is 10.8 Å². The largest absolute Gasteiger partial charge is 0.463 e. The number of ether oxygens (including phenoxy) is 2. The fourth-order valence-corrected chi connectivity index (χ4v) is 3.01. The standard InChI is InChI=1S/C16H21FN4O4.C2H6/c1-8(2)14(23)24-7-9-4-5-16(3,25-9)21-6-10(17)11-12(21)19-15(18)20-13(11)22;1-2/h6,8-9H,4-5,7H2,1-3H3,(H3,18,19,20,22);1-2H3/t9?,16-;/m1./s1. The van der Waals surface area contributed by atoms with E-state index in [-0.39, 0.29) is 41.6 Å². The Morgan fingerprint density at radius 3 is 2.85 bits per heavy atom. The minimum Gasteiger partial charge on any atom is -0.463 e. The molecule has 0 spiro atoms. The molecule has 8 nitrogen and oxygen atoms in total. The third kappa shape index (κ3) is 4.13. The maximum atomic E-state index is 14.2. The van der Waals surface area contributed by atoms with E-state index in [1.807, 2.05) is 13.8 Å². The lowest BCUT2D eigenvalue weighted by atomic mass is 10.1. The van der Waals surface area contributed by atoms with Crippen molar-refractivity contribution in [3.05, 3.63) is 22.4 Å². The number of fused-ring (bicyclic) bond motifs is 1. The normalized spacial score (nSPS) is 22.0. The molecule has 1 aliphatic rings. The molecule has 3 rings (SSSR count). The molecule has 2 atom stereocenters. The lowest BCUT2D eigenvalue weighted by Crippen LogP contribution is -2.31. The number of aromatic nitrogens is 3. The third-order valence-electron chi connectivity index (χ3n) is 4.37. The van der Waals surface area contributed by atoms with Gasteiger partial charge in [-0.05, 0) is 19.8 Å². The van der Waals surface area contributed by atoms with Gasteiger partial charge >= 0.3 is 5.97 Å². The Bertz CT molecular complexity index is 876. The van der Waals surface area contributed by atoms with E-state index in [0.29, 0.717) is 12.8 Å². The zero-order valence-electron chi connectivity index (χ0n) is 16.3. The summed E-state index contributed by atoms with van der Waals surface area (Å²) >= 11 is 0. The van der Waals surface area contributed by atoms with Gasteiger partial charge in [0, 0.05) is 6.20 Å². The fraction of sp³-hybridized carbons (Fsp3) is 0.611. The van der Waals surface area contributed by atoms with E-state index in [2.05, 4.69) is 9.97 Å². The third-order valence-corrected chi connectivity index (χ3v) is 4.37. The highest BCUT2D eigenvalue weighted by Crippen LogP contribution is 2.37. The molecule has 0 aromatic carbocycles. The van der Waals surface area contributed by atoms with Crippen LogP contribution >= 0.6 is 0 Å². The predicted octanol–water partition coefficient (Wildman–Crippen LogP) is 2.52. The molecule has 1 saturated heterocycles. The minimum atomic E-state index is -0.912. The molecule has 3 N–H and O–H groups in total. The first kappa shape index (κ1) is 20.9. The zero-order chi connectivity index (χ0) is 20.4. The van der Waals surface area contributed by atoms with Crippen molar-refractivity contribution in [3.63, 3.8) is 0 Å². The molecule has 1 fully saturated rings. The molecule has 3 heterocycles. The molecular formula is C18H27FN4O4. The van der Waals surface area contributed by atoms with Gasteiger partial charge < -0.3 is 19.8 Å². The van der Waals surface area contributed by atoms with Gasteiger partial charge in [-0.2, -0.15) is 4.98 Å². The van der Waals surface area contributed by atoms with E-state index in [9.17, 15) is 14.0 Å². The van der Waals surface area contributed by atoms with E-state index in [1.54, 1.807) is 20.8 Å². The number of esters is 1. The maximum absolute atomic E-state index is 14.2. The molecule has 0 aliphatic carbocycles. The molecule has 0 amide bonds. The van der Waals surface area contributed by atoms with Gasteiger partial charge in [0.25, 0.3) is 5.56 Å². The van der Waals surface area contributed by atoms with Crippen molar-refractivity contribution in [1.29, 1.82) is 0 Å². The van der Waals surface area contributed by atoms with Gasteiger partial charge in [-0.3, -0.25) is 14.6 Å². The number of H-pyrrole nitrogens is 1. The lowest BCUT2D eigenvalue weighted by molar-refractivity contribution is -0.156. The van der Waals surface area contributed by atoms with Gasteiger partial charge in [0.15, 0.2) is 11.5 Å². The van der Waals surface area contributed by atoms with Crippen LogP contribution in [0, 0.1) is 11.7 Å². The number of nitrogens with zero attached hydrogens (tertiary/aromatic N) is 2. The number of nitrogens with one attached hydrogen (secondary N) is 1. The molecule has 0 saturated carbocycles. The molecule has 1 unspecified atom stereocenters. The summed E-state index contributed by atoms with van der Waals surface area (Å²) < 4.78 is 26.9. The van der Waals surface area contributed by atoms with Crippen LogP contribution in [0.1, 0.15) is 47.5 Å². The lowest BCUT2D eigenvalue weighted by Gasteiger charge is -2.27. The first-order valence-corrected chi connectivity index (χ1v) is 9.12. The second-order valence-electron chi connectivity index (χ2n) is 6.74. The Labute approximate surface area is 156 Å². The van der Waals surface area contributed by atoms with Crippen LogP contribution in [-0.4, -0.2) is 33.2 Å². The van der Waals surface area contributed by atoms with Crippen molar-refractivity contribution in [2.45, 2.75) is 59.3 Å². The first-order chi connectivity index (χ1) is 12.7. The number of carbonyl (C=O) groups is 1. The Hall–Kier alpha value is -2.42. The van der Waals surface area contributed by atoms with E-state index < -0.39 is 17.1 Å². The fourth-order valence-electron chi connectivity index (χ4n) is 3.01. The second-order valence-corrected chi connectivity index (χ2v) is 6.74. The average molecular weight is 382 g/mol. The molecule has 1 aliphatic heterocycles. The summed E-state index contributed by atoms with van der Waals surface area (Å²) in [5.41, 5.74) is 4.16. The Kier molecular flexibility index (Phi) is 6.25. The van der Waals surface area contributed by atoms with Crippen LogP contribution in [0.15, 0.2) is 11.0 Å². The summed E-state index contributed by atoms with van der Waals surface area (Å²) in [6, 6.07) is 0. The van der Waals surface area contributed by atoms with Gasteiger partial charge in [0.05, 0.1) is 12.0 Å². The number of nitrogens with two attached hydrogens (primary N) is 1. The van der Waals surface area contributed by atoms with Crippen molar-refractivity contribution in [2.75, 3.05) is 12.3 Å². The topological polar surface area (TPSA) is 112 Å². The molecule has 27 heavy (non-hydrogen) atoms. The molecule has 2 aromatic heterocycles. The first-order valence-electron chi connectivity index (χ1n) is 9.12. The molecule has 150 valence electrons. The summed E-state index contributed by atoms with van der Waals surface area (Å²) in [6.07, 6.45) is 2.05. The van der Waals surface area contributed by atoms with Crippen LogP contribution in [0.25, 0.3) is 11.0 Å². The zero-order valence-corrected chi connectivity index (χ0v) is 16.3. The number of halogens is 1. The summed E-state index contributed by atoms with van der Waals surface area (Å²) in [7, 11) is 0. The summed E-state index contributed by atoms with van der Waals surface area (Å²) in [5.74, 6) is -1.30. The van der Waals surface area contributed by atoms with Gasteiger partial charge in [-0.15, -0.1) is 0 Å². The molecular weight excluding hydrogens is 355 g/mol. The highest BCUT2D eigenvalue weighted by atomic mass is 19.1. The summed E-state index contributed by atoms with van der Waals surface area (Å²) in [6.45, 7) is 9.41. The smallest absolute Gasteiger partial charge is 0.308 e. The highest BCUT2D eigenvalue weighted by Gasteiger charge is 2.40. The molecule has 2 aromatic rings. The van der Waals surface area contributed by atoms with Crippen LogP contribution in [0.2, 0.25) is 0 Å². The molecule has 9 heteroatoms. The quantitative estimate of drug-likeness (QED) is 0.786. The molecule has 0 radical (unpaired) electrons. The Morgan fingerprint density at radius 1 is 1.56 bits per heavy atom. The van der Waals surface area contributed by atoms with Crippen LogP contribution in [0.5, 0.6) is 0 Å². The van der Waals surface area contributed by atoms with Gasteiger partial charge in [0.2, 0.25) is 5.95 Å². The van der Waals surface area contributed by atoms with Crippen molar-refractivity contribution < 1.29 is 18.7 Å². The minimum absolute atomic E-state index is 0.0964. The van der Waals surface area contributed by atoms with Crippen LogP contribution in [0.4, 0.5) is 10.3 Å². The number of rotatable bonds is 4. The number of carbonyl (C=O) groups excluding carboxylic acids is 1. The maximum Gasteiger partial charge on any atom is 0.308 e. The van der Waals surface area contributed by atoms with Gasteiger partial charge in [0.1, 0.15) is 17.7 Å². The van der Waals surface area contributed by atoms with E-state index in [4.69, 9.17) is 15.2 Å². The summed E-state index contributed by atoms with van der Waals surface area (Å²) in [4.78, 5) is 29.9. The number of aromatic amines is 1. The van der Waals surface area contributed by atoms with Crippen LogP contribution in [0.3, 0.4) is 0 Å².